The molecule has 0 fully saturated rings. The zero-order chi connectivity index (χ0) is 16.1. The largest absolute Gasteiger partial charge is 0.466 e. The molecule has 2 aromatic rings. The molecule has 0 saturated carbocycles. The molecule has 1 aromatic carbocycles. The molecule has 1 heterocycles. The van der Waals surface area contributed by atoms with E-state index >= 15 is 0 Å². The van der Waals surface area contributed by atoms with Crippen LogP contribution in [0.25, 0.3) is 11.3 Å². The minimum atomic E-state index is -0.384. The van der Waals surface area contributed by atoms with Gasteiger partial charge in [0.2, 0.25) is 0 Å². The van der Waals surface area contributed by atoms with Gasteiger partial charge in [0.1, 0.15) is 0 Å². The molecule has 0 aliphatic carbocycles. The first kappa shape index (κ1) is 19.1. The fraction of sp³-hybridized carbons (Fsp3) is 0.333. The number of ether oxygens (including phenoxy) is 1. The third-order valence-corrected chi connectivity index (χ3v) is 3.64. The monoisotopic (exact) mass is 334 g/mol. The first-order valence-electron chi connectivity index (χ1n) is 7.46. The van der Waals surface area contributed by atoms with E-state index in [-0.39, 0.29) is 30.8 Å². The summed E-state index contributed by atoms with van der Waals surface area (Å²) in [6.45, 7) is 6.29. The van der Waals surface area contributed by atoms with Crippen molar-refractivity contribution in [2.45, 2.75) is 33.2 Å². The Balaban J connectivity index is 0.00000264. The van der Waals surface area contributed by atoms with Crippen LogP contribution in [0.1, 0.15) is 36.1 Å². The van der Waals surface area contributed by atoms with Crippen LogP contribution in [-0.2, 0) is 9.53 Å². The van der Waals surface area contributed by atoms with Crippen LogP contribution >= 0.6 is 12.4 Å². The molecule has 0 unspecified atom stereocenters. The molecular formula is C18H23ClN2O2. The highest BCUT2D eigenvalue weighted by molar-refractivity contribution is 5.85. The van der Waals surface area contributed by atoms with E-state index in [1.807, 2.05) is 18.2 Å². The highest BCUT2D eigenvalue weighted by atomic mass is 35.5. The highest BCUT2D eigenvalue weighted by Crippen LogP contribution is 2.27. The van der Waals surface area contributed by atoms with E-state index in [2.05, 4.69) is 31.0 Å². The molecule has 0 aliphatic rings. The standard InChI is InChI=1S/C18H22N2O2.ClH/c1-4-22-17(21)11-15(19)14-8-9-20-16(10-14)18-12(2)6-5-7-13(18)3;/h5-10,15H,4,11,19H2,1-3H3;1H/t15-;/m1./s1. The number of hydrogen-bond donors (Lipinski definition) is 1. The highest BCUT2D eigenvalue weighted by Gasteiger charge is 2.14. The molecule has 4 nitrogen and oxygen atoms in total. The van der Waals surface area contributed by atoms with E-state index < -0.39 is 0 Å². The number of aromatic nitrogens is 1. The van der Waals surface area contributed by atoms with E-state index in [1.165, 1.54) is 11.1 Å². The SMILES string of the molecule is CCOC(=O)C[C@@H](N)c1ccnc(-c2c(C)cccc2C)c1.Cl. The van der Waals surface area contributed by atoms with Gasteiger partial charge in [0.15, 0.2) is 0 Å². The fourth-order valence-corrected chi connectivity index (χ4v) is 2.55. The molecule has 2 N–H and O–H groups in total. The van der Waals surface area contributed by atoms with E-state index in [0.717, 1.165) is 16.8 Å². The second kappa shape index (κ2) is 8.65. The number of nitrogens with two attached hydrogens (primary N) is 1. The molecule has 23 heavy (non-hydrogen) atoms. The van der Waals surface area contributed by atoms with E-state index in [9.17, 15) is 4.79 Å². The van der Waals surface area contributed by atoms with Gasteiger partial charge in [0.25, 0.3) is 0 Å². The van der Waals surface area contributed by atoms with Crippen molar-refractivity contribution in [2.75, 3.05) is 6.61 Å². The lowest BCUT2D eigenvalue weighted by Crippen LogP contribution is -2.17. The summed E-state index contributed by atoms with van der Waals surface area (Å²) >= 11 is 0. The van der Waals surface area contributed by atoms with E-state index in [4.69, 9.17) is 10.5 Å². The fourth-order valence-electron chi connectivity index (χ4n) is 2.55. The van der Waals surface area contributed by atoms with Gasteiger partial charge in [-0.2, -0.15) is 0 Å². The second-order valence-corrected chi connectivity index (χ2v) is 5.36. The first-order chi connectivity index (χ1) is 10.5. The Labute approximate surface area is 143 Å². The number of halogens is 1. The lowest BCUT2D eigenvalue weighted by molar-refractivity contribution is -0.143. The van der Waals surface area contributed by atoms with E-state index in [0.29, 0.717) is 6.61 Å². The van der Waals surface area contributed by atoms with Crippen molar-refractivity contribution in [3.8, 4) is 11.3 Å². The number of aryl methyl sites for hydroxylation is 2. The number of carbonyl (C=O) groups is 1. The van der Waals surface area contributed by atoms with Crippen molar-refractivity contribution in [3.05, 3.63) is 53.2 Å². The number of carbonyl (C=O) groups excluding carboxylic acids is 1. The predicted molar refractivity (Wildman–Crippen MR) is 94.6 cm³/mol. The van der Waals surface area contributed by atoms with Crippen LogP contribution in [0.3, 0.4) is 0 Å². The van der Waals surface area contributed by atoms with Crippen LogP contribution in [0.4, 0.5) is 0 Å². The predicted octanol–water partition coefficient (Wildman–Crippen LogP) is 3.74. The number of rotatable bonds is 5. The van der Waals surface area contributed by atoms with Crippen molar-refractivity contribution in [3.63, 3.8) is 0 Å². The molecule has 0 spiro atoms. The third kappa shape index (κ3) is 4.78. The quantitative estimate of drug-likeness (QED) is 0.846. The molecule has 0 aliphatic heterocycles. The number of esters is 1. The van der Waals surface area contributed by atoms with Gasteiger partial charge in [-0.15, -0.1) is 12.4 Å². The third-order valence-electron chi connectivity index (χ3n) is 3.64. The van der Waals surface area contributed by atoms with Gasteiger partial charge in [0.05, 0.1) is 18.7 Å². The molecule has 0 saturated heterocycles. The molecule has 0 radical (unpaired) electrons. The minimum absolute atomic E-state index is 0. The molecule has 124 valence electrons. The minimum Gasteiger partial charge on any atom is -0.466 e. The first-order valence-corrected chi connectivity index (χ1v) is 7.46. The Kier molecular flexibility index (Phi) is 7.20. The van der Waals surface area contributed by atoms with Crippen molar-refractivity contribution >= 4 is 18.4 Å². The summed E-state index contributed by atoms with van der Waals surface area (Å²) in [6, 6.07) is 9.58. The Bertz CT molecular complexity index is 654. The smallest absolute Gasteiger partial charge is 0.307 e. The van der Waals surface area contributed by atoms with Crippen LogP contribution in [0.5, 0.6) is 0 Å². The number of benzene rings is 1. The van der Waals surface area contributed by atoms with Crippen molar-refractivity contribution in [1.29, 1.82) is 0 Å². The Morgan fingerprint density at radius 2 is 1.91 bits per heavy atom. The van der Waals surface area contributed by atoms with Gasteiger partial charge in [0, 0.05) is 17.8 Å². The maximum atomic E-state index is 11.6. The van der Waals surface area contributed by atoms with Crippen LogP contribution in [0.2, 0.25) is 0 Å². The molecular weight excluding hydrogens is 312 g/mol. The average Bonchev–Trinajstić information content (AvgIpc) is 2.47. The summed E-state index contributed by atoms with van der Waals surface area (Å²) in [7, 11) is 0. The summed E-state index contributed by atoms with van der Waals surface area (Å²) in [5.41, 5.74) is 11.4. The van der Waals surface area contributed by atoms with Crippen molar-refractivity contribution in [1.82, 2.24) is 4.98 Å². The molecule has 5 heteroatoms. The van der Waals surface area contributed by atoms with Crippen LogP contribution in [0.15, 0.2) is 36.5 Å². The van der Waals surface area contributed by atoms with Gasteiger partial charge in [-0.3, -0.25) is 9.78 Å². The Morgan fingerprint density at radius 3 is 2.52 bits per heavy atom. The lowest BCUT2D eigenvalue weighted by Gasteiger charge is -2.14. The molecule has 0 bridgehead atoms. The number of pyridine rings is 1. The molecule has 1 aromatic heterocycles. The Morgan fingerprint density at radius 1 is 1.26 bits per heavy atom. The number of hydrogen-bond acceptors (Lipinski definition) is 4. The summed E-state index contributed by atoms with van der Waals surface area (Å²) < 4.78 is 4.95. The average molecular weight is 335 g/mol. The zero-order valence-electron chi connectivity index (χ0n) is 13.7. The second-order valence-electron chi connectivity index (χ2n) is 5.36. The van der Waals surface area contributed by atoms with Crippen molar-refractivity contribution in [2.24, 2.45) is 5.73 Å². The summed E-state index contributed by atoms with van der Waals surface area (Å²) in [6.07, 6.45) is 1.91. The lowest BCUT2D eigenvalue weighted by atomic mass is 9.97. The van der Waals surface area contributed by atoms with Crippen LogP contribution < -0.4 is 5.73 Å². The molecule has 0 amide bonds. The zero-order valence-corrected chi connectivity index (χ0v) is 14.5. The molecule has 2 rings (SSSR count). The van der Waals surface area contributed by atoms with Crippen LogP contribution in [0, 0.1) is 13.8 Å². The topological polar surface area (TPSA) is 65.2 Å². The van der Waals surface area contributed by atoms with Gasteiger partial charge < -0.3 is 10.5 Å². The summed E-state index contributed by atoms with van der Waals surface area (Å²) in [5, 5.41) is 0. The van der Waals surface area contributed by atoms with Gasteiger partial charge in [-0.05, 0) is 49.6 Å². The Hall–Kier alpha value is -1.91. The summed E-state index contributed by atoms with van der Waals surface area (Å²) in [4.78, 5) is 16.0. The summed E-state index contributed by atoms with van der Waals surface area (Å²) in [5.74, 6) is -0.277. The van der Waals surface area contributed by atoms with E-state index in [1.54, 1.807) is 13.1 Å². The van der Waals surface area contributed by atoms with Gasteiger partial charge in [-0.1, -0.05) is 18.2 Å². The maximum absolute atomic E-state index is 11.6. The van der Waals surface area contributed by atoms with Crippen molar-refractivity contribution < 1.29 is 9.53 Å². The molecule has 1 atom stereocenters. The van der Waals surface area contributed by atoms with Crippen LogP contribution in [-0.4, -0.2) is 17.6 Å². The maximum Gasteiger partial charge on any atom is 0.307 e. The normalized spacial score (nSPS) is 11.5. The van der Waals surface area contributed by atoms with Gasteiger partial charge >= 0.3 is 5.97 Å². The van der Waals surface area contributed by atoms with Gasteiger partial charge in [-0.25, -0.2) is 0 Å². The number of nitrogens with zero attached hydrogens (tertiary/aromatic N) is 1.